The van der Waals surface area contributed by atoms with Gasteiger partial charge in [-0.2, -0.15) is 0 Å². The minimum absolute atomic E-state index is 0. The van der Waals surface area contributed by atoms with Crippen LogP contribution in [0.4, 0.5) is 0 Å². The van der Waals surface area contributed by atoms with Crippen LogP contribution in [0.25, 0.3) is 0 Å². The van der Waals surface area contributed by atoms with Crippen LogP contribution in [-0.4, -0.2) is 37.0 Å². The lowest BCUT2D eigenvalue weighted by molar-refractivity contribution is 0.0575. The van der Waals surface area contributed by atoms with Gasteiger partial charge in [-0.1, -0.05) is 6.92 Å². The molecule has 118 valence electrons. The molecule has 0 aliphatic carbocycles. The number of halogens is 1. The van der Waals surface area contributed by atoms with Crippen LogP contribution in [-0.2, 0) is 6.42 Å². The number of carbonyl (C=O) groups is 1. The third-order valence-electron chi connectivity index (χ3n) is 5.00. The van der Waals surface area contributed by atoms with Crippen molar-refractivity contribution in [3.8, 4) is 0 Å². The zero-order valence-corrected chi connectivity index (χ0v) is 13.7. The summed E-state index contributed by atoms with van der Waals surface area (Å²) in [6.45, 7) is 8.04. The van der Waals surface area contributed by atoms with E-state index < -0.39 is 0 Å². The molecule has 0 aromatic carbocycles. The van der Waals surface area contributed by atoms with Gasteiger partial charge in [-0.25, -0.2) is 0 Å². The van der Waals surface area contributed by atoms with Crippen molar-refractivity contribution >= 4 is 18.3 Å². The van der Waals surface area contributed by atoms with Crippen molar-refractivity contribution in [3.05, 3.63) is 23.2 Å². The van der Waals surface area contributed by atoms with Crippen molar-refractivity contribution in [1.82, 2.24) is 10.2 Å². The molecule has 1 spiro atoms. The van der Waals surface area contributed by atoms with Crippen molar-refractivity contribution in [2.75, 3.05) is 26.2 Å². The van der Waals surface area contributed by atoms with Gasteiger partial charge in [0.15, 0.2) is 5.76 Å². The molecule has 0 atom stereocenters. The number of hydrogen-bond donors (Lipinski definition) is 1. The highest BCUT2D eigenvalue weighted by Gasteiger charge is 2.38. The Balaban J connectivity index is 0.00000161. The maximum absolute atomic E-state index is 12.5. The molecule has 3 heterocycles. The molecule has 5 heteroatoms. The van der Waals surface area contributed by atoms with Crippen LogP contribution in [0.1, 0.15) is 48.1 Å². The van der Waals surface area contributed by atoms with Crippen molar-refractivity contribution in [2.24, 2.45) is 5.41 Å². The quantitative estimate of drug-likeness (QED) is 0.913. The van der Waals surface area contributed by atoms with Gasteiger partial charge in [0, 0.05) is 26.1 Å². The number of furan rings is 1. The van der Waals surface area contributed by atoms with E-state index in [9.17, 15) is 4.79 Å². The van der Waals surface area contributed by atoms with Gasteiger partial charge < -0.3 is 14.6 Å². The number of rotatable bonds is 2. The third-order valence-corrected chi connectivity index (χ3v) is 5.00. The fourth-order valence-corrected chi connectivity index (χ4v) is 3.54. The number of aryl methyl sites for hydroxylation is 2. The van der Waals surface area contributed by atoms with Crippen LogP contribution >= 0.6 is 12.4 Å². The molecular weight excluding hydrogens is 288 g/mol. The second-order valence-electron chi connectivity index (χ2n) is 6.29. The number of nitrogens with one attached hydrogen (secondary N) is 1. The number of piperidine rings is 1. The van der Waals surface area contributed by atoms with Crippen molar-refractivity contribution in [1.29, 1.82) is 0 Å². The average molecular weight is 313 g/mol. The first-order chi connectivity index (χ1) is 9.63. The van der Waals surface area contributed by atoms with Crippen molar-refractivity contribution in [2.45, 2.75) is 39.5 Å². The van der Waals surface area contributed by atoms with Crippen LogP contribution in [0.5, 0.6) is 0 Å². The SMILES string of the molecule is CCc1oc(C(=O)N2CCC3(CCNC3)CC2)cc1C.Cl. The van der Waals surface area contributed by atoms with Gasteiger partial charge in [0.1, 0.15) is 5.76 Å². The van der Waals surface area contributed by atoms with E-state index in [4.69, 9.17) is 4.42 Å². The van der Waals surface area contributed by atoms with E-state index in [-0.39, 0.29) is 18.3 Å². The van der Waals surface area contributed by atoms with E-state index >= 15 is 0 Å². The van der Waals surface area contributed by atoms with Crippen molar-refractivity contribution < 1.29 is 9.21 Å². The zero-order chi connectivity index (χ0) is 14.2. The molecule has 4 nitrogen and oxygen atoms in total. The molecule has 1 N–H and O–H groups in total. The summed E-state index contributed by atoms with van der Waals surface area (Å²) >= 11 is 0. The van der Waals surface area contributed by atoms with Crippen LogP contribution < -0.4 is 5.32 Å². The van der Waals surface area contributed by atoms with E-state index in [0.29, 0.717) is 11.2 Å². The van der Waals surface area contributed by atoms with Gasteiger partial charge >= 0.3 is 0 Å². The van der Waals surface area contributed by atoms with Crippen LogP contribution in [0.15, 0.2) is 10.5 Å². The van der Waals surface area contributed by atoms with Gasteiger partial charge in [0.25, 0.3) is 5.91 Å². The number of carbonyl (C=O) groups excluding carboxylic acids is 1. The topological polar surface area (TPSA) is 45.5 Å². The molecule has 1 aromatic heterocycles. The molecule has 3 rings (SSSR count). The molecule has 0 radical (unpaired) electrons. The molecule has 2 fully saturated rings. The van der Waals surface area contributed by atoms with Crippen LogP contribution in [0, 0.1) is 12.3 Å². The number of amides is 1. The van der Waals surface area contributed by atoms with Gasteiger partial charge in [0.05, 0.1) is 0 Å². The smallest absolute Gasteiger partial charge is 0.289 e. The van der Waals surface area contributed by atoms with E-state index in [1.807, 2.05) is 17.9 Å². The number of likely N-dealkylation sites (tertiary alicyclic amines) is 1. The summed E-state index contributed by atoms with van der Waals surface area (Å²) in [5.74, 6) is 1.51. The Morgan fingerprint density at radius 3 is 2.62 bits per heavy atom. The summed E-state index contributed by atoms with van der Waals surface area (Å²) in [4.78, 5) is 14.5. The molecule has 2 saturated heterocycles. The maximum atomic E-state index is 12.5. The zero-order valence-electron chi connectivity index (χ0n) is 12.9. The molecule has 21 heavy (non-hydrogen) atoms. The summed E-state index contributed by atoms with van der Waals surface area (Å²) in [6, 6.07) is 1.89. The van der Waals surface area contributed by atoms with Gasteiger partial charge in [-0.05, 0) is 49.8 Å². The molecule has 1 amide bonds. The van der Waals surface area contributed by atoms with Gasteiger partial charge in [0.2, 0.25) is 0 Å². The van der Waals surface area contributed by atoms with E-state index in [2.05, 4.69) is 12.2 Å². The van der Waals surface area contributed by atoms with Gasteiger partial charge in [-0.15, -0.1) is 12.4 Å². The molecule has 1 aromatic rings. The molecule has 0 saturated carbocycles. The predicted molar refractivity (Wildman–Crippen MR) is 85.1 cm³/mol. The highest BCUT2D eigenvalue weighted by Crippen LogP contribution is 2.37. The first-order valence-electron chi connectivity index (χ1n) is 7.73. The Labute approximate surface area is 132 Å². The molecule has 2 aliphatic heterocycles. The fourth-order valence-electron chi connectivity index (χ4n) is 3.54. The lowest BCUT2D eigenvalue weighted by atomic mass is 9.78. The molecule has 0 bridgehead atoms. The van der Waals surface area contributed by atoms with E-state index in [1.54, 1.807) is 0 Å². The Kier molecular flexibility index (Phi) is 4.99. The summed E-state index contributed by atoms with van der Waals surface area (Å²) in [5.41, 5.74) is 1.54. The highest BCUT2D eigenvalue weighted by atomic mass is 35.5. The largest absolute Gasteiger partial charge is 0.456 e. The van der Waals surface area contributed by atoms with Gasteiger partial charge in [-0.3, -0.25) is 4.79 Å². The van der Waals surface area contributed by atoms with E-state index in [1.165, 1.54) is 6.42 Å². The minimum Gasteiger partial charge on any atom is -0.456 e. The monoisotopic (exact) mass is 312 g/mol. The minimum atomic E-state index is 0. The predicted octanol–water partition coefficient (Wildman–Crippen LogP) is 2.79. The van der Waals surface area contributed by atoms with Crippen LogP contribution in [0.2, 0.25) is 0 Å². The summed E-state index contributed by atoms with van der Waals surface area (Å²) < 4.78 is 5.69. The second-order valence-corrected chi connectivity index (χ2v) is 6.29. The second kappa shape index (κ2) is 6.41. The lowest BCUT2D eigenvalue weighted by Gasteiger charge is -2.38. The molecule has 2 aliphatic rings. The van der Waals surface area contributed by atoms with Crippen LogP contribution in [0.3, 0.4) is 0 Å². The number of nitrogens with zero attached hydrogens (tertiary/aromatic N) is 1. The maximum Gasteiger partial charge on any atom is 0.289 e. The summed E-state index contributed by atoms with van der Waals surface area (Å²) in [7, 11) is 0. The normalized spacial score (nSPS) is 20.6. The first-order valence-corrected chi connectivity index (χ1v) is 7.73. The Bertz CT molecular complexity index is 496. The fraction of sp³-hybridized carbons (Fsp3) is 0.688. The third kappa shape index (κ3) is 3.11. The Hall–Kier alpha value is -1.00. The van der Waals surface area contributed by atoms with Crippen molar-refractivity contribution in [3.63, 3.8) is 0 Å². The number of hydrogen-bond acceptors (Lipinski definition) is 3. The standard InChI is InChI=1S/C16H24N2O2.ClH/c1-3-13-12(2)10-14(20-13)15(19)18-8-5-16(6-9-18)4-7-17-11-16;/h10,17H,3-9,11H2,1-2H3;1H. The molecular formula is C16H25ClN2O2. The average Bonchev–Trinajstić information content (AvgIpc) is 3.06. The Morgan fingerprint density at radius 2 is 2.10 bits per heavy atom. The lowest BCUT2D eigenvalue weighted by Crippen LogP contribution is -2.43. The summed E-state index contributed by atoms with van der Waals surface area (Å²) in [6.07, 6.45) is 4.33. The van der Waals surface area contributed by atoms with E-state index in [0.717, 1.165) is 56.8 Å². The Morgan fingerprint density at radius 1 is 1.38 bits per heavy atom. The highest BCUT2D eigenvalue weighted by molar-refractivity contribution is 5.91. The summed E-state index contributed by atoms with van der Waals surface area (Å²) in [5, 5.41) is 3.45. The first kappa shape index (κ1) is 16.4. The molecule has 0 unspecified atom stereocenters.